The Morgan fingerprint density at radius 3 is 2.95 bits per heavy atom. The van der Waals surface area contributed by atoms with Crippen LogP contribution in [-0.4, -0.2) is 10.5 Å². The second kappa shape index (κ2) is 4.42. The molecular weight excluding hydrogens is 268 g/mol. The standard InChI is InChI=1S/C20H22N2/c1-13-7-8-14-12-17(13)19(22-20(14)9-10-20)16-4-2-6-18-15(16)5-3-11-21-18/h2-7,11,14,17,19,22H,8-10,12H2,1H3. The van der Waals surface area contributed by atoms with Crippen molar-refractivity contribution in [3.63, 3.8) is 0 Å². The molecule has 2 nitrogen and oxygen atoms in total. The van der Waals surface area contributed by atoms with Crippen LogP contribution in [-0.2, 0) is 0 Å². The third kappa shape index (κ3) is 1.73. The number of nitrogens with one attached hydrogen (secondary N) is 1. The summed E-state index contributed by atoms with van der Waals surface area (Å²) >= 11 is 0. The second-order valence-electron chi connectivity index (χ2n) is 7.42. The average molecular weight is 290 g/mol. The summed E-state index contributed by atoms with van der Waals surface area (Å²) in [6, 6.07) is 11.3. The van der Waals surface area contributed by atoms with Crippen LogP contribution < -0.4 is 5.32 Å². The average Bonchev–Trinajstić information content (AvgIpc) is 3.33. The zero-order chi connectivity index (χ0) is 14.7. The molecule has 3 aliphatic rings. The number of fused-ring (bicyclic) bond motifs is 4. The van der Waals surface area contributed by atoms with Crippen LogP contribution in [0, 0.1) is 11.8 Å². The van der Waals surface area contributed by atoms with Gasteiger partial charge < -0.3 is 5.32 Å². The maximum absolute atomic E-state index is 4.55. The molecule has 1 N–H and O–H groups in total. The molecule has 2 fully saturated rings. The quantitative estimate of drug-likeness (QED) is 0.788. The Morgan fingerprint density at radius 1 is 1.18 bits per heavy atom. The maximum Gasteiger partial charge on any atom is 0.0705 e. The summed E-state index contributed by atoms with van der Waals surface area (Å²) in [6.07, 6.45) is 9.75. The van der Waals surface area contributed by atoms with Crippen LogP contribution in [0.5, 0.6) is 0 Å². The van der Waals surface area contributed by atoms with E-state index in [4.69, 9.17) is 0 Å². The summed E-state index contributed by atoms with van der Waals surface area (Å²) in [5.41, 5.74) is 4.56. The smallest absolute Gasteiger partial charge is 0.0705 e. The second-order valence-corrected chi connectivity index (χ2v) is 7.42. The van der Waals surface area contributed by atoms with E-state index in [0.717, 1.165) is 11.4 Å². The van der Waals surface area contributed by atoms with E-state index in [1.165, 1.54) is 36.6 Å². The topological polar surface area (TPSA) is 24.9 Å². The number of pyridine rings is 1. The summed E-state index contributed by atoms with van der Waals surface area (Å²) in [5, 5.41) is 5.39. The highest BCUT2D eigenvalue weighted by Crippen LogP contribution is 2.56. The van der Waals surface area contributed by atoms with Crippen LogP contribution in [0.3, 0.4) is 0 Å². The van der Waals surface area contributed by atoms with Crippen LogP contribution >= 0.6 is 0 Å². The van der Waals surface area contributed by atoms with E-state index >= 15 is 0 Å². The minimum Gasteiger partial charge on any atom is -0.304 e. The Kier molecular flexibility index (Phi) is 2.58. The number of piperidine rings is 1. The lowest BCUT2D eigenvalue weighted by Gasteiger charge is -2.47. The molecule has 2 aliphatic carbocycles. The summed E-state index contributed by atoms with van der Waals surface area (Å²) in [4.78, 5) is 4.55. The molecule has 1 spiro atoms. The van der Waals surface area contributed by atoms with Gasteiger partial charge in [0.1, 0.15) is 0 Å². The van der Waals surface area contributed by atoms with E-state index in [-0.39, 0.29) is 0 Å². The molecule has 1 saturated heterocycles. The zero-order valence-corrected chi connectivity index (χ0v) is 13.0. The van der Waals surface area contributed by atoms with Crippen molar-refractivity contribution >= 4 is 10.9 Å². The fourth-order valence-corrected chi connectivity index (χ4v) is 4.83. The summed E-state index contributed by atoms with van der Waals surface area (Å²) < 4.78 is 0. The first-order chi connectivity index (χ1) is 10.8. The first-order valence-corrected chi connectivity index (χ1v) is 8.55. The molecule has 2 aromatic rings. The van der Waals surface area contributed by atoms with Gasteiger partial charge in [0.2, 0.25) is 0 Å². The minimum absolute atomic E-state index is 0.433. The molecule has 0 radical (unpaired) electrons. The predicted molar refractivity (Wildman–Crippen MR) is 89.6 cm³/mol. The van der Waals surface area contributed by atoms with Gasteiger partial charge in [-0.1, -0.05) is 29.8 Å². The van der Waals surface area contributed by atoms with E-state index in [1.54, 1.807) is 5.57 Å². The third-order valence-corrected chi connectivity index (χ3v) is 6.28. The molecule has 2 bridgehead atoms. The van der Waals surface area contributed by atoms with Gasteiger partial charge in [0.05, 0.1) is 5.52 Å². The van der Waals surface area contributed by atoms with Gasteiger partial charge in [0.25, 0.3) is 0 Å². The number of benzene rings is 1. The van der Waals surface area contributed by atoms with E-state index in [0.29, 0.717) is 17.5 Å². The number of nitrogens with zero attached hydrogens (tertiary/aromatic N) is 1. The summed E-state index contributed by atoms with van der Waals surface area (Å²) in [7, 11) is 0. The van der Waals surface area contributed by atoms with Gasteiger partial charge in [0, 0.05) is 23.2 Å². The Morgan fingerprint density at radius 2 is 2.09 bits per heavy atom. The van der Waals surface area contributed by atoms with Gasteiger partial charge in [-0.05, 0) is 62.1 Å². The maximum atomic E-state index is 4.55. The molecule has 2 heterocycles. The normalized spacial score (nSPS) is 32.0. The molecule has 3 unspecified atom stereocenters. The van der Waals surface area contributed by atoms with Crippen molar-refractivity contribution in [2.24, 2.45) is 11.8 Å². The van der Waals surface area contributed by atoms with Gasteiger partial charge in [-0.15, -0.1) is 0 Å². The fourth-order valence-electron chi connectivity index (χ4n) is 4.83. The number of rotatable bonds is 1. The van der Waals surface area contributed by atoms with Crippen LogP contribution in [0.2, 0.25) is 0 Å². The molecular formula is C20H22N2. The molecule has 3 atom stereocenters. The largest absolute Gasteiger partial charge is 0.304 e. The van der Waals surface area contributed by atoms with E-state index in [9.17, 15) is 0 Å². The summed E-state index contributed by atoms with van der Waals surface area (Å²) in [5.74, 6) is 1.50. The lowest BCUT2D eigenvalue weighted by Crippen LogP contribution is -2.51. The number of allylic oxidation sites excluding steroid dienone is 1. The predicted octanol–water partition coefficient (Wildman–Crippen LogP) is 4.38. The molecule has 1 aromatic heterocycles. The van der Waals surface area contributed by atoms with Crippen molar-refractivity contribution in [3.05, 3.63) is 53.7 Å². The van der Waals surface area contributed by atoms with Crippen LogP contribution in [0.15, 0.2) is 48.2 Å². The van der Waals surface area contributed by atoms with Gasteiger partial charge in [-0.3, -0.25) is 4.98 Å². The highest BCUT2D eigenvalue weighted by Gasteiger charge is 2.55. The van der Waals surface area contributed by atoms with Gasteiger partial charge in [-0.2, -0.15) is 0 Å². The molecule has 22 heavy (non-hydrogen) atoms. The molecule has 112 valence electrons. The van der Waals surface area contributed by atoms with Crippen molar-refractivity contribution in [2.45, 2.75) is 44.2 Å². The molecule has 1 aromatic carbocycles. The van der Waals surface area contributed by atoms with Gasteiger partial charge in [0.15, 0.2) is 0 Å². The highest BCUT2D eigenvalue weighted by atomic mass is 15.1. The molecule has 1 saturated carbocycles. The SMILES string of the molecule is CC1=CCC2CC1C(c1cccc3ncccc13)NC21CC1. The van der Waals surface area contributed by atoms with Crippen LogP contribution in [0.25, 0.3) is 10.9 Å². The van der Waals surface area contributed by atoms with Crippen LogP contribution in [0.4, 0.5) is 0 Å². The Hall–Kier alpha value is -1.67. The van der Waals surface area contributed by atoms with E-state index in [1.807, 2.05) is 6.20 Å². The molecule has 5 rings (SSSR count). The van der Waals surface area contributed by atoms with Crippen molar-refractivity contribution in [1.29, 1.82) is 0 Å². The third-order valence-electron chi connectivity index (χ3n) is 6.28. The molecule has 0 amide bonds. The zero-order valence-electron chi connectivity index (χ0n) is 13.0. The first kappa shape index (κ1) is 12.8. The number of hydrogen-bond acceptors (Lipinski definition) is 2. The van der Waals surface area contributed by atoms with Crippen molar-refractivity contribution < 1.29 is 0 Å². The Bertz CT molecular complexity index is 767. The summed E-state index contributed by atoms with van der Waals surface area (Å²) in [6.45, 7) is 2.32. The molecule has 1 aliphatic heterocycles. The number of aromatic nitrogens is 1. The fraction of sp³-hybridized carbons (Fsp3) is 0.450. The van der Waals surface area contributed by atoms with Gasteiger partial charge >= 0.3 is 0 Å². The van der Waals surface area contributed by atoms with Crippen molar-refractivity contribution in [3.8, 4) is 0 Å². The monoisotopic (exact) mass is 290 g/mol. The first-order valence-electron chi connectivity index (χ1n) is 8.55. The van der Waals surface area contributed by atoms with E-state index in [2.05, 4.69) is 53.6 Å². The Labute approximate surface area is 131 Å². The van der Waals surface area contributed by atoms with Crippen LogP contribution in [0.1, 0.15) is 44.2 Å². The lowest BCUT2D eigenvalue weighted by atomic mass is 9.68. The van der Waals surface area contributed by atoms with E-state index < -0.39 is 0 Å². The molecule has 2 heteroatoms. The highest BCUT2D eigenvalue weighted by molar-refractivity contribution is 5.82. The Balaban J connectivity index is 1.66. The minimum atomic E-state index is 0.433. The number of hydrogen-bond donors (Lipinski definition) is 1. The van der Waals surface area contributed by atoms with Gasteiger partial charge in [-0.25, -0.2) is 0 Å². The van der Waals surface area contributed by atoms with Crippen molar-refractivity contribution in [2.75, 3.05) is 0 Å². The van der Waals surface area contributed by atoms with Crippen molar-refractivity contribution in [1.82, 2.24) is 10.3 Å². The lowest BCUT2D eigenvalue weighted by molar-refractivity contribution is 0.155.